The average molecular weight is 346 g/mol. The Labute approximate surface area is 143 Å². The van der Waals surface area contributed by atoms with Crippen LogP contribution in [0.3, 0.4) is 0 Å². The number of thioether (sulfide) groups is 1. The molecule has 2 heterocycles. The van der Waals surface area contributed by atoms with Crippen molar-refractivity contribution in [2.45, 2.75) is 19.6 Å². The van der Waals surface area contributed by atoms with E-state index < -0.39 is 0 Å². The van der Waals surface area contributed by atoms with Gasteiger partial charge in [-0.1, -0.05) is 18.2 Å². The summed E-state index contributed by atoms with van der Waals surface area (Å²) >= 11 is 3.23. The van der Waals surface area contributed by atoms with Crippen LogP contribution in [-0.4, -0.2) is 21.7 Å². The molecule has 0 atom stereocenters. The molecule has 0 bridgehead atoms. The summed E-state index contributed by atoms with van der Waals surface area (Å²) in [5.41, 5.74) is 2.91. The predicted molar refractivity (Wildman–Crippen MR) is 96.9 cm³/mol. The molecule has 0 unspecified atom stereocenters. The zero-order valence-electron chi connectivity index (χ0n) is 13.1. The van der Waals surface area contributed by atoms with E-state index >= 15 is 0 Å². The molecular weight excluding hydrogens is 328 g/mol. The first kappa shape index (κ1) is 16.1. The van der Waals surface area contributed by atoms with Crippen molar-refractivity contribution >= 4 is 28.1 Å². The highest BCUT2D eigenvalue weighted by molar-refractivity contribution is 7.98. The molecule has 6 heteroatoms. The lowest BCUT2D eigenvalue weighted by molar-refractivity contribution is 0.341. The molecule has 1 aromatic carbocycles. The van der Waals surface area contributed by atoms with Crippen LogP contribution in [-0.2, 0) is 5.75 Å². The molecule has 3 aromatic rings. The highest BCUT2D eigenvalue weighted by atomic mass is 32.2. The summed E-state index contributed by atoms with van der Waals surface area (Å²) in [6.45, 7) is 4.61. The van der Waals surface area contributed by atoms with Crippen molar-refractivity contribution in [1.82, 2.24) is 9.38 Å². The summed E-state index contributed by atoms with van der Waals surface area (Å²) in [6.07, 6.45) is 0. The first-order valence-corrected chi connectivity index (χ1v) is 9.41. The van der Waals surface area contributed by atoms with Gasteiger partial charge in [0.2, 0.25) is 0 Å². The molecule has 0 aliphatic heterocycles. The number of hydrogen-bond donors (Lipinski definition) is 0. The Morgan fingerprint density at radius 3 is 2.96 bits per heavy atom. The van der Waals surface area contributed by atoms with Gasteiger partial charge in [-0.05, 0) is 25.5 Å². The van der Waals surface area contributed by atoms with E-state index in [2.05, 4.69) is 4.98 Å². The lowest BCUT2D eigenvalue weighted by atomic mass is 10.2. The van der Waals surface area contributed by atoms with Gasteiger partial charge in [-0.3, -0.25) is 9.20 Å². The fourth-order valence-corrected chi connectivity index (χ4v) is 3.87. The van der Waals surface area contributed by atoms with E-state index in [4.69, 9.17) is 4.74 Å². The first-order valence-electron chi connectivity index (χ1n) is 7.38. The quantitative estimate of drug-likeness (QED) is 0.639. The van der Waals surface area contributed by atoms with Gasteiger partial charge in [0.15, 0.2) is 4.96 Å². The Kier molecular flexibility index (Phi) is 5.03. The number of fused-ring (bicyclic) bond motifs is 1. The second-order valence-electron chi connectivity index (χ2n) is 5.25. The van der Waals surface area contributed by atoms with Crippen LogP contribution < -0.4 is 10.3 Å². The van der Waals surface area contributed by atoms with Gasteiger partial charge in [-0.15, -0.1) is 11.3 Å². The normalized spacial score (nSPS) is 11.0. The third kappa shape index (κ3) is 3.76. The number of para-hydroxylation sites is 1. The lowest BCUT2D eigenvalue weighted by Gasteiger charge is -2.08. The molecule has 0 spiro atoms. The molecule has 0 saturated carbocycles. The number of hydrogen-bond acceptors (Lipinski definition) is 5. The van der Waals surface area contributed by atoms with Crippen molar-refractivity contribution in [2.75, 3.05) is 12.4 Å². The summed E-state index contributed by atoms with van der Waals surface area (Å²) in [4.78, 5) is 17.4. The Bertz CT molecular complexity index is 870. The van der Waals surface area contributed by atoms with Gasteiger partial charge in [0.1, 0.15) is 5.75 Å². The first-order chi connectivity index (χ1) is 11.1. The Morgan fingerprint density at radius 2 is 2.13 bits per heavy atom. The van der Waals surface area contributed by atoms with E-state index in [9.17, 15) is 4.79 Å². The maximum absolute atomic E-state index is 12.1. The standard InChI is InChI=1S/C17H18N2O2S2/c1-12-5-3-4-6-15(12)21-7-8-22-11-14-9-16(20)19-13(2)10-23-17(19)18-14/h3-6,9-10H,7-8,11H2,1-2H3. The van der Waals surface area contributed by atoms with E-state index in [0.717, 1.165) is 39.2 Å². The highest BCUT2D eigenvalue weighted by Crippen LogP contribution is 2.18. The van der Waals surface area contributed by atoms with Crippen LogP contribution in [0.15, 0.2) is 40.5 Å². The molecule has 120 valence electrons. The number of aryl methyl sites for hydroxylation is 2. The minimum absolute atomic E-state index is 0.000473. The van der Waals surface area contributed by atoms with Gasteiger partial charge in [-0.25, -0.2) is 4.98 Å². The molecule has 0 radical (unpaired) electrons. The van der Waals surface area contributed by atoms with Crippen molar-refractivity contribution in [3.05, 3.63) is 63.0 Å². The molecule has 2 aromatic heterocycles. The zero-order valence-corrected chi connectivity index (χ0v) is 14.7. The SMILES string of the molecule is Cc1ccccc1OCCSCc1cc(=O)n2c(C)csc2n1. The summed E-state index contributed by atoms with van der Waals surface area (Å²) in [6, 6.07) is 9.63. The van der Waals surface area contributed by atoms with E-state index in [1.165, 1.54) is 11.3 Å². The monoisotopic (exact) mass is 346 g/mol. The van der Waals surface area contributed by atoms with E-state index in [-0.39, 0.29) is 5.56 Å². The molecular formula is C17H18N2O2S2. The van der Waals surface area contributed by atoms with Crippen LogP contribution >= 0.6 is 23.1 Å². The van der Waals surface area contributed by atoms with Gasteiger partial charge in [-0.2, -0.15) is 11.8 Å². The Balaban J connectivity index is 1.53. The lowest BCUT2D eigenvalue weighted by Crippen LogP contribution is -2.14. The van der Waals surface area contributed by atoms with Crippen LogP contribution in [0.5, 0.6) is 5.75 Å². The molecule has 0 saturated heterocycles. The number of benzene rings is 1. The Hall–Kier alpha value is -1.79. The van der Waals surface area contributed by atoms with Crippen LogP contribution in [0.1, 0.15) is 17.0 Å². The predicted octanol–water partition coefficient (Wildman–Crippen LogP) is 3.69. The second kappa shape index (κ2) is 7.19. The molecule has 0 amide bonds. The second-order valence-corrected chi connectivity index (χ2v) is 7.19. The summed E-state index contributed by atoms with van der Waals surface area (Å²) < 4.78 is 7.42. The number of nitrogens with zero attached hydrogens (tertiary/aromatic N) is 2. The van der Waals surface area contributed by atoms with Gasteiger partial charge in [0.05, 0.1) is 12.3 Å². The smallest absolute Gasteiger partial charge is 0.258 e. The third-order valence-electron chi connectivity index (χ3n) is 3.46. The topological polar surface area (TPSA) is 43.6 Å². The average Bonchev–Trinajstić information content (AvgIpc) is 2.90. The number of ether oxygens (including phenoxy) is 1. The number of thiazole rings is 1. The van der Waals surface area contributed by atoms with E-state index in [1.807, 2.05) is 43.5 Å². The van der Waals surface area contributed by atoms with Gasteiger partial charge < -0.3 is 4.74 Å². The molecule has 0 aliphatic rings. The minimum atomic E-state index is 0.000473. The van der Waals surface area contributed by atoms with Gasteiger partial charge in [0, 0.05) is 28.6 Å². The molecule has 3 rings (SSSR count). The maximum Gasteiger partial charge on any atom is 0.258 e. The number of rotatable bonds is 6. The zero-order chi connectivity index (χ0) is 16.2. The van der Waals surface area contributed by atoms with Crippen molar-refractivity contribution in [3.63, 3.8) is 0 Å². The largest absolute Gasteiger partial charge is 0.492 e. The summed E-state index contributed by atoms with van der Waals surface area (Å²) in [7, 11) is 0. The molecule has 0 aliphatic carbocycles. The minimum Gasteiger partial charge on any atom is -0.492 e. The molecule has 0 fully saturated rings. The fraction of sp³-hybridized carbons (Fsp3) is 0.294. The van der Waals surface area contributed by atoms with Crippen LogP contribution in [0, 0.1) is 13.8 Å². The fourth-order valence-electron chi connectivity index (χ4n) is 2.28. The van der Waals surface area contributed by atoms with Crippen LogP contribution in [0.25, 0.3) is 4.96 Å². The molecule has 23 heavy (non-hydrogen) atoms. The third-order valence-corrected chi connectivity index (χ3v) is 5.36. The van der Waals surface area contributed by atoms with Crippen molar-refractivity contribution in [3.8, 4) is 5.75 Å². The molecule has 4 nitrogen and oxygen atoms in total. The Morgan fingerprint density at radius 1 is 1.30 bits per heavy atom. The summed E-state index contributed by atoms with van der Waals surface area (Å²) in [5.74, 6) is 2.51. The van der Waals surface area contributed by atoms with Crippen molar-refractivity contribution in [2.24, 2.45) is 0 Å². The summed E-state index contributed by atoms with van der Waals surface area (Å²) in [5, 5.41) is 1.96. The van der Waals surface area contributed by atoms with Crippen LogP contribution in [0.4, 0.5) is 0 Å². The highest BCUT2D eigenvalue weighted by Gasteiger charge is 2.06. The van der Waals surface area contributed by atoms with Crippen molar-refractivity contribution in [1.29, 1.82) is 0 Å². The van der Waals surface area contributed by atoms with E-state index in [1.54, 1.807) is 22.2 Å². The van der Waals surface area contributed by atoms with E-state index in [0.29, 0.717) is 6.61 Å². The van der Waals surface area contributed by atoms with Crippen LogP contribution in [0.2, 0.25) is 0 Å². The van der Waals surface area contributed by atoms with Crippen molar-refractivity contribution < 1.29 is 4.74 Å². The maximum atomic E-state index is 12.1. The van der Waals surface area contributed by atoms with Gasteiger partial charge >= 0.3 is 0 Å². The number of aromatic nitrogens is 2. The van der Waals surface area contributed by atoms with Gasteiger partial charge in [0.25, 0.3) is 5.56 Å². The molecule has 0 N–H and O–H groups in total.